The molecule has 0 fully saturated rings. The molecule has 0 bridgehead atoms. The van der Waals surface area contributed by atoms with Gasteiger partial charge < -0.3 is 53.8 Å². The van der Waals surface area contributed by atoms with Crippen molar-refractivity contribution >= 4 is 28.1 Å². The molecule has 2 aromatic rings. The zero-order valence-electron chi connectivity index (χ0n) is 31.6. The molecule has 0 heterocycles. The van der Waals surface area contributed by atoms with Crippen LogP contribution in [0.1, 0.15) is 19.4 Å². The SMILES string of the molecule is CCOC(=O)/C(C)=C/c1cc(F)c(Oc2ccc(S(=O)(=O)NCCOCCOCCOCCNC(=O)NCCOCCOCCOCCNC)cc2)c(F)c1. The molecule has 0 saturated heterocycles. The van der Waals surface area contributed by atoms with Crippen molar-refractivity contribution in [1.29, 1.82) is 0 Å². The molecule has 19 heteroatoms. The van der Waals surface area contributed by atoms with Crippen LogP contribution in [0.5, 0.6) is 11.5 Å². The summed E-state index contributed by atoms with van der Waals surface area (Å²) in [7, 11) is -2.03. The molecule has 4 N–H and O–H groups in total. The van der Waals surface area contributed by atoms with E-state index in [2.05, 4.69) is 20.7 Å². The average molecular weight is 805 g/mol. The van der Waals surface area contributed by atoms with Crippen LogP contribution in [0.15, 0.2) is 46.9 Å². The Bertz CT molecular complexity index is 1510. The van der Waals surface area contributed by atoms with Crippen LogP contribution in [-0.2, 0) is 48.0 Å². The first-order valence-corrected chi connectivity index (χ1v) is 19.3. The standard InChI is InChI=1S/C36H54F2N4O12S/c1-4-53-35(43)28(2)25-29-26-32(37)34(33(38)27-29)54-30-5-7-31(8-6-30)55(45,46)42-12-16-50-20-24-52-23-19-49-15-11-41-36(44)40-10-14-48-18-22-51-21-17-47-13-9-39-3/h5-8,25-27,39,42H,4,9-24H2,1-3H3,(H2,40,41,44)/b28-25+. The molecule has 0 unspecified atom stereocenters. The number of carbonyl (C=O) groups is 2. The third-order valence-electron chi connectivity index (χ3n) is 6.94. The van der Waals surface area contributed by atoms with Gasteiger partial charge >= 0.3 is 12.0 Å². The summed E-state index contributed by atoms with van der Waals surface area (Å²) in [5.41, 5.74) is 0.264. The lowest BCUT2D eigenvalue weighted by molar-refractivity contribution is -0.138. The molecular formula is C36H54F2N4O12S. The summed E-state index contributed by atoms with van der Waals surface area (Å²) in [4.78, 5) is 23.5. The van der Waals surface area contributed by atoms with Crippen molar-refractivity contribution in [3.8, 4) is 11.5 Å². The van der Waals surface area contributed by atoms with Gasteiger partial charge in [0.15, 0.2) is 17.4 Å². The molecule has 0 aromatic heterocycles. The Hall–Kier alpha value is -3.79. The minimum absolute atomic E-state index is 0.00451. The minimum atomic E-state index is -3.90. The Labute approximate surface area is 321 Å². The number of esters is 1. The van der Waals surface area contributed by atoms with E-state index in [4.69, 9.17) is 37.9 Å². The number of amides is 2. The second-order valence-electron chi connectivity index (χ2n) is 11.3. The van der Waals surface area contributed by atoms with Crippen molar-refractivity contribution in [2.24, 2.45) is 0 Å². The Balaban J connectivity index is 1.49. The number of halogens is 2. The van der Waals surface area contributed by atoms with E-state index in [1.54, 1.807) is 6.92 Å². The monoisotopic (exact) mass is 804 g/mol. The van der Waals surface area contributed by atoms with Gasteiger partial charge in [0.2, 0.25) is 10.0 Å². The normalized spacial score (nSPS) is 11.8. The molecule has 0 radical (unpaired) electrons. The lowest BCUT2D eigenvalue weighted by Crippen LogP contribution is -2.39. The summed E-state index contributed by atoms with van der Waals surface area (Å²) < 4.78 is 99.5. The number of ether oxygens (including phenoxy) is 8. The number of rotatable bonds is 31. The van der Waals surface area contributed by atoms with Gasteiger partial charge in [-0.25, -0.2) is 31.5 Å². The molecule has 2 amide bonds. The van der Waals surface area contributed by atoms with Crippen LogP contribution in [0.4, 0.5) is 13.6 Å². The number of likely N-dealkylation sites (N-methyl/N-ethyl adjacent to an activating group) is 1. The molecule has 0 aliphatic heterocycles. The molecular weight excluding hydrogens is 750 g/mol. The van der Waals surface area contributed by atoms with Crippen molar-refractivity contribution in [1.82, 2.24) is 20.7 Å². The fourth-order valence-electron chi connectivity index (χ4n) is 4.24. The number of benzene rings is 2. The first kappa shape index (κ1) is 47.4. The molecule has 0 aliphatic carbocycles. The molecule has 55 heavy (non-hydrogen) atoms. The quantitative estimate of drug-likeness (QED) is 0.0495. The van der Waals surface area contributed by atoms with E-state index < -0.39 is 33.4 Å². The third kappa shape index (κ3) is 21.2. The van der Waals surface area contributed by atoms with Crippen molar-refractivity contribution < 1.29 is 64.7 Å². The van der Waals surface area contributed by atoms with Gasteiger partial charge in [-0.15, -0.1) is 0 Å². The van der Waals surface area contributed by atoms with Gasteiger partial charge in [-0.3, -0.25) is 0 Å². The predicted molar refractivity (Wildman–Crippen MR) is 199 cm³/mol. The molecule has 0 spiro atoms. The Kier molecular flexibility index (Phi) is 24.6. The van der Waals surface area contributed by atoms with Gasteiger partial charge in [-0.2, -0.15) is 0 Å². The van der Waals surface area contributed by atoms with Crippen LogP contribution in [0, 0.1) is 11.6 Å². The molecule has 0 atom stereocenters. The first-order valence-electron chi connectivity index (χ1n) is 17.8. The van der Waals surface area contributed by atoms with Gasteiger partial charge in [-0.05, 0) is 68.9 Å². The van der Waals surface area contributed by atoms with Crippen LogP contribution in [0.2, 0.25) is 0 Å². The molecule has 2 aromatic carbocycles. The Morgan fingerprint density at radius 3 is 1.62 bits per heavy atom. The largest absolute Gasteiger partial charge is 0.463 e. The predicted octanol–water partition coefficient (Wildman–Crippen LogP) is 2.62. The fraction of sp³-hybridized carbons (Fsp3) is 0.556. The van der Waals surface area contributed by atoms with Crippen LogP contribution in [0.25, 0.3) is 6.08 Å². The summed E-state index contributed by atoms with van der Waals surface area (Å²) >= 11 is 0. The maximum absolute atomic E-state index is 14.7. The Morgan fingerprint density at radius 1 is 0.691 bits per heavy atom. The van der Waals surface area contributed by atoms with Crippen molar-refractivity contribution in [3.05, 3.63) is 59.2 Å². The number of sulfonamides is 1. The van der Waals surface area contributed by atoms with E-state index in [0.29, 0.717) is 72.6 Å². The highest BCUT2D eigenvalue weighted by Gasteiger charge is 2.17. The van der Waals surface area contributed by atoms with E-state index >= 15 is 0 Å². The summed E-state index contributed by atoms with van der Waals surface area (Å²) in [6, 6.07) is 6.68. The highest BCUT2D eigenvalue weighted by atomic mass is 32.2. The fourth-order valence-corrected chi connectivity index (χ4v) is 5.26. The van der Waals surface area contributed by atoms with Gasteiger partial charge in [0.25, 0.3) is 0 Å². The Morgan fingerprint density at radius 2 is 1.15 bits per heavy atom. The van der Waals surface area contributed by atoms with Crippen molar-refractivity contribution in [2.45, 2.75) is 18.7 Å². The molecule has 2 rings (SSSR count). The number of urea groups is 1. The molecule has 0 aliphatic rings. The summed E-state index contributed by atoms with van der Waals surface area (Å²) in [6.45, 7) is 9.18. The van der Waals surface area contributed by atoms with Crippen LogP contribution >= 0.6 is 0 Å². The summed E-state index contributed by atoms with van der Waals surface area (Å²) in [6.07, 6.45) is 1.29. The van der Waals surface area contributed by atoms with E-state index in [1.165, 1.54) is 37.3 Å². The van der Waals surface area contributed by atoms with Crippen LogP contribution in [-0.4, -0.2) is 140 Å². The lowest BCUT2D eigenvalue weighted by Gasteiger charge is -2.11. The number of hydrogen-bond donors (Lipinski definition) is 4. The third-order valence-corrected chi connectivity index (χ3v) is 8.42. The molecule has 0 saturated carbocycles. The second kappa shape index (κ2) is 28.6. The van der Waals surface area contributed by atoms with Gasteiger partial charge in [0.05, 0.1) is 90.8 Å². The van der Waals surface area contributed by atoms with E-state index in [0.717, 1.165) is 18.7 Å². The first-order chi connectivity index (χ1) is 26.6. The van der Waals surface area contributed by atoms with Gasteiger partial charge in [0.1, 0.15) is 5.75 Å². The smallest absolute Gasteiger partial charge is 0.333 e. The second-order valence-corrected chi connectivity index (χ2v) is 13.1. The van der Waals surface area contributed by atoms with Crippen molar-refractivity contribution in [3.63, 3.8) is 0 Å². The maximum Gasteiger partial charge on any atom is 0.333 e. The highest BCUT2D eigenvalue weighted by molar-refractivity contribution is 7.89. The van der Waals surface area contributed by atoms with E-state index in [1.807, 2.05) is 7.05 Å². The van der Waals surface area contributed by atoms with Crippen LogP contribution in [0.3, 0.4) is 0 Å². The highest BCUT2D eigenvalue weighted by Crippen LogP contribution is 2.30. The lowest BCUT2D eigenvalue weighted by atomic mass is 10.1. The van der Waals surface area contributed by atoms with Crippen LogP contribution < -0.4 is 25.4 Å². The zero-order valence-corrected chi connectivity index (χ0v) is 32.4. The topological polar surface area (TPSA) is 190 Å². The number of nitrogens with one attached hydrogen (secondary N) is 4. The van der Waals surface area contributed by atoms with Gasteiger partial charge in [-0.1, -0.05) is 0 Å². The van der Waals surface area contributed by atoms with Gasteiger partial charge in [0, 0.05) is 31.8 Å². The summed E-state index contributed by atoms with van der Waals surface area (Å²) in [5.74, 6) is -3.31. The zero-order chi connectivity index (χ0) is 40.2. The average Bonchev–Trinajstić information content (AvgIpc) is 3.15. The van der Waals surface area contributed by atoms with E-state index in [9.17, 15) is 26.8 Å². The van der Waals surface area contributed by atoms with Crippen molar-refractivity contribution in [2.75, 3.05) is 119 Å². The maximum atomic E-state index is 14.7. The number of hydrogen-bond acceptors (Lipinski definition) is 13. The molecule has 16 nitrogen and oxygen atoms in total. The number of carbonyl (C=O) groups excluding carboxylic acids is 2. The summed E-state index contributed by atoms with van der Waals surface area (Å²) in [5, 5.41) is 8.35. The molecule has 310 valence electrons. The van der Waals surface area contributed by atoms with E-state index in [-0.39, 0.29) is 60.8 Å². The minimum Gasteiger partial charge on any atom is -0.463 e.